The quantitative estimate of drug-likeness (QED) is 0.770. The van der Waals surface area contributed by atoms with Crippen molar-refractivity contribution in [3.63, 3.8) is 0 Å². The minimum atomic E-state index is -0.421. The molecule has 0 unspecified atom stereocenters. The molecule has 0 aliphatic carbocycles. The van der Waals surface area contributed by atoms with Crippen LogP contribution in [0.4, 0.5) is 11.5 Å². The van der Waals surface area contributed by atoms with Gasteiger partial charge in [-0.15, -0.1) is 0 Å². The molecule has 3 rings (SSSR count). The zero-order valence-corrected chi connectivity index (χ0v) is 12.8. The molecule has 3 N–H and O–H groups in total. The number of benzene rings is 2. The molecule has 0 aliphatic rings. The molecule has 1 aromatic heterocycles. The van der Waals surface area contributed by atoms with Crippen LogP contribution >= 0.6 is 11.6 Å². The SMILES string of the molecule is Nc1ncc(-c2ccccc2Cl)nc1C(=O)Nc1ccccc1. The fraction of sp³-hybridized carbons (Fsp3) is 0. The summed E-state index contributed by atoms with van der Waals surface area (Å²) < 4.78 is 0. The van der Waals surface area contributed by atoms with E-state index in [1.165, 1.54) is 6.20 Å². The molecule has 6 heteroatoms. The molecule has 3 aromatic rings. The van der Waals surface area contributed by atoms with E-state index in [1.807, 2.05) is 30.3 Å². The molecule has 23 heavy (non-hydrogen) atoms. The number of hydrogen-bond donors (Lipinski definition) is 2. The number of carbonyl (C=O) groups is 1. The summed E-state index contributed by atoms with van der Waals surface area (Å²) >= 11 is 6.16. The summed E-state index contributed by atoms with van der Waals surface area (Å²) in [4.78, 5) is 20.7. The highest BCUT2D eigenvalue weighted by atomic mass is 35.5. The molecule has 2 aromatic carbocycles. The summed E-state index contributed by atoms with van der Waals surface area (Å²) in [5.74, 6) is -0.357. The van der Waals surface area contributed by atoms with Gasteiger partial charge in [0.25, 0.3) is 5.91 Å². The highest BCUT2D eigenvalue weighted by Crippen LogP contribution is 2.26. The predicted octanol–water partition coefficient (Wildman–Crippen LogP) is 3.63. The van der Waals surface area contributed by atoms with E-state index in [-0.39, 0.29) is 11.5 Å². The second-order valence-electron chi connectivity index (χ2n) is 4.79. The molecule has 0 radical (unpaired) electrons. The fourth-order valence-electron chi connectivity index (χ4n) is 2.08. The number of amides is 1. The van der Waals surface area contributed by atoms with Gasteiger partial charge in [0, 0.05) is 11.3 Å². The Kier molecular flexibility index (Phi) is 4.21. The Hall–Kier alpha value is -2.92. The molecule has 0 fully saturated rings. The maximum atomic E-state index is 12.4. The van der Waals surface area contributed by atoms with E-state index in [2.05, 4.69) is 15.3 Å². The van der Waals surface area contributed by atoms with E-state index >= 15 is 0 Å². The molecule has 0 bridgehead atoms. The van der Waals surface area contributed by atoms with Crippen LogP contribution in [0.15, 0.2) is 60.8 Å². The number of anilines is 2. The van der Waals surface area contributed by atoms with E-state index in [0.717, 1.165) is 0 Å². The number of para-hydroxylation sites is 1. The largest absolute Gasteiger partial charge is 0.382 e. The Morgan fingerprint density at radius 2 is 1.74 bits per heavy atom. The number of halogens is 1. The van der Waals surface area contributed by atoms with E-state index < -0.39 is 5.91 Å². The van der Waals surface area contributed by atoms with Gasteiger partial charge < -0.3 is 11.1 Å². The van der Waals surface area contributed by atoms with Crippen molar-refractivity contribution in [2.45, 2.75) is 0 Å². The number of nitrogens with zero attached hydrogens (tertiary/aromatic N) is 2. The smallest absolute Gasteiger partial charge is 0.278 e. The van der Waals surface area contributed by atoms with E-state index in [4.69, 9.17) is 17.3 Å². The van der Waals surface area contributed by atoms with Gasteiger partial charge in [-0.3, -0.25) is 4.79 Å². The maximum Gasteiger partial charge on any atom is 0.278 e. The highest BCUT2D eigenvalue weighted by molar-refractivity contribution is 6.33. The Labute approximate surface area is 138 Å². The van der Waals surface area contributed by atoms with Gasteiger partial charge in [-0.25, -0.2) is 9.97 Å². The van der Waals surface area contributed by atoms with E-state index in [1.54, 1.807) is 24.3 Å². The summed E-state index contributed by atoms with van der Waals surface area (Å²) in [5, 5.41) is 3.27. The highest BCUT2D eigenvalue weighted by Gasteiger charge is 2.15. The summed E-state index contributed by atoms with van der Waals surface area (Å²) in [6, 6.07) is 16.3. The molecular formula is C17H13ClN4O. The van der Waals surface area contributed by atoms with Gasteiger partial charge in [0.1, 0.15) is 0 Å². The Morgan fingerprint density at radius 3 is 2.48 bits per heavy atom. The first-order valence-electron chi connectivity index (χ1n) is 6.89. The van der Waals surface area contributed by atoms with Crippen LogP contribution in [-0.4, -0.2) is 15.9 Å². The third kappa shape index (κ3) is 3.30. The molecule has 0 spiro atoms. The zero-order valence-electron chi connectivity index (χ0n) is 12.0. The van der Waals surface area contributed by atoms with Crippen molar-refractivity contribution >= 4 is 29.0 Å². The lowest BCUT2D eigenvalue weighted by atomic mass is 10.1. The number of nitrogen functional groups attached to an aromatic ring is 1. The molecule has 114 valence electrons. The van der Waals surface area contributed by atoms with Gasteiger partial charge in [-0.1, -0.05) is 48.0 Å². The number of nitrogens with two attached hydrogens (primary N) is 1. The summed E-state index contributed by atoms with van der Waals surface area (Å²) in [6.45, 7) is 0. The number of aromatic nitrogens is 2. The van der Waals surface area contributed by atoms with Gasteiger partial charge in [0.2, 0.25) is 0 Å². The number of hydrogen-bond acceptors (Lipinski definition) is 4. The van der Waals surface area contributed by atoms with Crippen molar-refractivity contribution in [2.24, 2.45) is 0 Å². The maximum absolute atomic E-state index is 12.4. The first-order chi connectivity index (χ1) is 11.1. The van der Waals surface area contributed by atoms with Crippen LogP contribution in [-0.2, 0) is 0 Å². The third-order valence-electron chi connectivity index (χ3n) is 3.20. The molecule has 1 heterocycles. The van der Waals surface area contributed by atoms with E-state index in [9.17, 15) is 4.79 Å². The Balaban J connectivity index is 1.95. The van der Waals surface area contributed by atoms with Gasteiger partial charge in [0.05, 0.1) is 16.9 Å². The van der Waals surface area contributed by atoms with Crippen molar-refractivity contribution in [2.75, 3.05) is 11.1 Å². The summed E-state index contributed by atoms with van der Waals surface area (Å²) in [7, 11) is 0. The van der Waals surface area contributed by atoms with Gasteiger partial charge in [0.15, 0.2) is 11.5 Å². The lowest BCUT2D eigenvalue weighted by Crippen LogP contribution is -2.17. The summed E-state index contributed by atoms with van der Waals surface area (Å²) in [5.41, 5.74) is 7.69. The lowest BCUT2D eigenvalue weighted by Gasteiger charge is -2.09. The van der Waals surface area contributed by atoms with Crippen molar-refractivity contribution in [1.29, 1.82) is 0 Å². The average Bonchev–Trinajstić information content (AvgIpc) is 2.57. The molecule has 0 aliphatic heterocycles. The number of rotatable bonds is 3. The van der Waals surface area contributed by atoms with Crippen molar-refractivity contribution < 1.29 is 4.79 Å². The minimum Gasteiger partial charge on any atom is -0.382 e. The molecule has 1 amide bonds. The molecular weight excluding hydrogens is 312 g/mol. The fourth-order valence-corrected chi connectivity index (χ4v) is 2.31. The monoisotopic (exact) mass is 324 g/mol. The second-order valence-corrected chi connectivity index (χ2v) is 5.20. The van der Waals surface area contributed by atoms with E-state index in [0.29, 0.717) is 22.0 Å². The van der Waals surface area contributed by atoms with Crippen LogP contribution in [0.3, 0.4) is 0 Å². The lowest BCUT2D eigenvalue weighted by molar-refractivity contribution is 0.102. The third-order valence-corrected chi connectivity index (χ3v) is 3.53. The van der Waals surface area contributed by atoms with Crippen molar-refractivity contribution in [1.82, 2.24) is 9.97 Å². The second kappa shape index (κ2) is 6.46. The van der Waals surface area contributed by atoms with Crippen molar-refractivity contribution in [3.8, 4) is 11.3 Å². The molecule has 0 atom stereocenters. The average molecular weight is 325 g/mol. The van der Waals surface area contributed by atoms with Crippen LogP contribution in [0.25, 0.3) is 11.3 Å². The molecule has 0 saturated heterocycles. The Morgan fingerprint density at radius 1 is 1.04 bits per heavy atom. The first kappa shape index (κ1) is 15.0. The van der Waals surface area contributed by atoms with Crippen LogP contribution in [0.1, 0.15) is 10.5 Å². The van der Waals surface area contributed by atoms with Crippen LogP contribution in [0.2, 0.25) is 5.02 Å². The topological polar surface area (TPSA) is 80.9 Å². The Bertz CT molecular complexity index is 852. The van der Waals surface area contributed by atoms with Crippen LogP contribution < -0.4 is 11.1 Å². The van der Waals surface area contributed by atoms with Crippen LogP contribution in [0.5, 0.6) is 0 Å². The number of nitrogens with one attached hydrogen (secondary N) is 1. The van der Waals surface area contributed by atoms with Gasteiger partial charge in [-0.05, 0) is 18.2 Å². The van der Waals surface area contributed by atoms with Gasteiger partial charge in [-0.2, -0.15) is 0 Å². The summed E-state index contributed by atoms with van der Waals surface area (Å²) in [6.07, 6.45) is 1.50. The van der Waals surface area contributed by atoms with Crippen molar-refractivity contribution in [3.05, 3.63) is 71.5 Å². The van der Waals surface area contributed by atoms with Gasteiger partial charge >= 0.3 is 0 Å². The minimum absolute atomic E-state index is 0.0614. The molecule has 0 saturated carbocycles. The number of carbonyl (C=O) groups excluding carboxylic acids is 1. The first-order valence-corrected chi connectivity index (χ1v) is 7.27. The zero-order chi connectivity index (χ0) is 16.2. The standard InChI is InChI=1S/C17H13ClN4O/c18-13-9-5-4-8-12(13)14-10-20-16(19)15(22-14)17(23)21-11-6-2-1-3-7-11/h1-10H,(H2,19,20)(H,21,23). The predicted molar refractivity (Wildman–Crippen MR) is 91.3 cm³/mol. The molecule has 5 nitrogen and oxygen atoms in total. The normalized spacial score (nSPS) is 10.3. The van der Waals surface area contributed by atoms with Crippen LogP contribution in [0, 0.1) is 0 Å².